The lowest BCUT2D eigenvalue weighted by Gasteiger charge is -2.26. The first kappa shape index (κ1) is 12.0. The van der Waals surface area contributed by atoms with Crippen LogP contribution in [0.1, 0.15) is 5.56 Å². The summed E-state index contributed by atoms with van der Waals surface area (Å²) in [6.07, 6.45) is 2.19. The molecule has 0 aliphatic carbocycles. The van der Waals surface area contributed by atoms with Crippen molar-refractivity contribution in [1.82, 2.24) is 9.88 Å². The van der Waals surface area contributed by atoms with Gasteiger partial charge in [-0.15, -0.1) is 0 Å². The molecule has 1 fully saturated rings. The molecule has 19 heavy (non-hydrogen) atoms. The van der Waals surface area contributed by atoms with E-state index in [2.05, 4.69) is 4.98 Å². The van der Waals surface area contributed by atoms with Crippen molar-refractivity contribution < 1.29 is 14.6 Å². The Labute approximate surface area is 110 Å². The van der Waals surface area contributed by atoms with Crippen LogP contribution in [0, 0.1) is 0 Å². The Morgan fingerprint density at radius 2 is 2.16 bits per heavy atom. The van der Waals surface area contributed by atoms with Crippen LogP contribution in [-0.4, -0.2) is 47.2 Å². The Hall–Kier alpha value is -2.01. The molecule has 5 heteroatoms. The molecule has 1 saturated heterocycles. The number of hydrogen-bond acceptors (Lipinski definition) is 3. The average Bonchev–Trinajstić information content (AvgIpc) is 2.82. The molecule has 2 aromatic rings. The van der Waals surface area contributed by atoms with Gasteiger partial charge in [0.2, 0.25) is 5.91 Å². The summed E-state index contributed by atoms with van der Waals surface area (Å²) >= 11 is 0. The van der Waals surface area contributed by atoms with Crippen molar-refractivity contribution in [1.29, 1.82) is 0 Å². The number of aromatic amines is 1. The van der Waals surface area contributed by atoms with E-state index in [4.69, 9.17) is 4.74 Å². The minimum absolute atomic E-state index is 0.104. The predicted octanol–water partition coefficient (Wildman–Crippen LogP) is 1.27. The normalized spacial score (nSPS) is 15.9. The second-order valence-electron chi connectivity index (χ2n) is 4.71. The number of phenols is 1. The fourth-order valence-corrected chi connectivity index (χ4v) is 2.40. The van der Waals surface area contributed by atoms with Gasteiger partial charge < -0.3 is 19.7 Å². The van der Waals surface area contributed by atoms with E-state index in [-0.39, 0.29) is 11.7 Å². The Morgan fingerprint density at radius 3 is 2.95 bits per heavy atom. The van der Waals surface area contributed by atoms with E-state index in [1.165, 1.54) is 0 Å². The van der Waals surface area contributed by atoms with Crippen LogP contribution in [-0.2, 0) is 16.0 Å². The maximum atomic E-state index is 12.2. The fourth-order valence-electron chi connectivity index (χ4n) is 2.40. The van der Waals surface area contributed by atoms with Crippen LogP contribution in [0.4, 0.5) is 0 Å². The highest BCUT2D eigenvalue weighted by Gasteiger charge is 2.18. The molecule has 0 unspecified atom stereocenters. The molecule has 0 spiro atoms. The number of nitrogens with zero attached hydrogens (tertiary/aromatic N) is 1. The third kappa shape index (κ3) is 2.42. The van der Waals surface area contributed by atoms with Crippen molar-refractivity contribution in [3.05, 3.63) is 30.0 Å². The van der Waals surface area contributed by atoms with Crippen LogP contribution in [0.3, 0.4) is 0 Å². The highest BCUT2D eigenvalue weighted by atomic mass is 16.5. The SMILES string of the molecule is O=C(Cc1c[nH]c2ccc(O)cc12)N1CCOCC1. The molecule has 3 rings (SSSR count). The molecule has 1 aromatic carbocycles. The number of hydrogen-bond donors (Lipinski definition) is 2. The van der Waals surface area contributed by atoms with E-state index in [1.54, 1.807) is 12.1 Å². The molecule has 0 bridgehead atoms. The molecule has 1 amide bonds. The van der Waals surface area contributed by atoms with E-state index in [0.717, 1.165) is 16.5 Å². The number of carbonyl (C=O) groups excluding carboxylic acids is 1. The largest absolute Gasteiger partial charge is 0.508 e. The van der Waals surface area contributed by atoms with Gasteiger partial charge in [-0.05, 0) is 23.8 Å². The number of H-pyrrole nitrogens is 1. The number of carbonyl (C=O) groups is 1. The lowest BCUT2D eigenvalue weighted by Crippen LogP contribution is -2.41. The predicted molar refractivity (Wildman–Crippen MR) is 71.1 cm³/mol. The molecule has 5 nitrogen and oxygen atoms in total. The molecule has 100 valence electrons. The van der Waals surface area contributed by atoms with E-state index < -0.39 is 0 Å². The third-order valence-corrected chi connectivity index (χ3v) is 3.46. The molecule has 1 aromatic heterocycles. The number of morpholine rings is 1. The smallest absolute Gasteiger partial charge is 0.227 e. The van der Waals surface area contributed by atoms with Crippen molar-refractivity contribution in [2.45, 2.75) is 6.42 Å². The summed E-state index contributed by atoms with van der Waals surface area (Å²) in [6.45, 7) is 2.54. The van der Waals surface area contributed by atoms with Gasteiger partial charge in [0.1, 0.15) is 5.75 Å². The van der Waals surface area contributed by atoms with Gasteiger partial charge in [0.25, 0.3) is 0 Å². The number of phenolic OH excluding ortho intramolecular Hbond substituents is 1. The second-order valence-corrected chi connectivity index (χ2v) is 4.71. The Kier molecular flexibility index (Phi) is 3.13. The number of benzene rings is 1. The summed E-state index contributed by atoms with van der Waals surface area (Å²) in [4.78, 5) is 17.1. The Morgan fingerprint density at radius 1 is 1.37 bits per heavy atom. The number of rotatable bonds is 2. The lowest BCUT2D eigenvalue weighted by molar-refractivity contribution is -0.134. The van der Waals surface area contributed by atoms with Crippen LogP contribution >= 0.6 is 0 Å². The number of aromatic hydroxyl groups is 1. The number of amides is 1. The maximum absolute atomic E-state index is 12.2. The van der Waals surface area contributed by atoms with Crippen molar-refractivity contribution >= 4 is 16.8 Å². The fraction of sp³-hybridized carbons (Fsp3) is 0.357. The molecule has 0 saturated carbocycles. The zero-order valence-electron chi connectivity index (χ0n) is 10.6. The first-order valence-corrected chi connectivity index (χ1v) is 6.38. The summed E-state index contributed by atoms with van der Waals surface area (Å²) in [5.41, 5.74) is 1.85. The topological polar surface area (TPSA) is 65.6 Å². The summed E-state index contributed by atoms with van der Waals surface area (Å²) in [7, 11) is 0. The van der Waals surface area contributed by atoms with Gasteiger partial charge in [0, 0.05) is 30.2 Å². The minimum Gasteiger partial charge on any atom is -0.508 e. The molecular formula is C14H16N2O3. The molecule has 1 aliphatic heterocycles. The second kappa shape index (κ2) is 4.93. The Balaban J connectivity index is 1.80. The molecule has 1 aliphatic rings. The zero-order valence-corrected chi connectivity index (χ0v) is 10.6. The first-order valence-electron chi connectivity index (χ1n) is 6.38. The highest BCUT2D eigenvalue weighted by Crippen LogP contribution is 2.23. The Bertz CT molecular complexity index is 600. The molecule has 0 atom stereocenters. The van der Waals surface area contributed by atoms with E-state index in [0.29, 0.717) is 32.7 Å². The van der Waals surface area contributed by atoms with Gasteiger partial charge in [0.15, 0.2) is 0 Å². The van der Waals surface area contributed by atoms with Gasteiger partial charge in [0.05, 0.1) is 19.6 Å². The first-order chi connectivity index (χ1) is 9.24. The number of ether oxygens (including phenoxy) is 1. The monoisotopic (exact) mass is 260 g/mol. The molecule has 0 radical (unpaired) electrons. The number of aromatic nitrogens is 1. The van der Waals surface area contributed by atoms with Crippen molar-refractivity contribution in [3.63, 3.8) is 0 Å². The summed E-state index contributed by atoms with van der Waals surface area (Å²) in [5.74, 6) is 0.319. The van der Waals surface area contributed by atoms with E-state index >= 15 is 0 Å². The quantitative estimate of drug-likeness (QED) is 0.854. The van der Waals surface area contributed by atoms with Crippen molar-refractivity contribution in [2.75, 3.05) is 26.3 Å². The van der Waals surface area contributed by atoms with Crippen molar-refractivity contribution in [2.24, 2.45) is 0 Å². The lowest BCUT2D eigenvalue weighted by atomic mass is 10.1. The highest BCUT2D eigenvalue weighted by molar-refractivity contribution is 5.89. The van der Waals surface area contributed by atoms with Gasteiger partial charge in [-0.3, -0.25) is 4.79 Å². The molecule has 2 heterocycles. The van der Waals surface area contributed by atoms with Crippen LogP contribution in [0.15, 0.2) is 24.4 Å². The standard InChI is InChI=1S/C14H16N2O3/c17-11-1-2-13-12(8-11)10(9-15-13)7-14(18)16-3-5-19-6-4-16/h1-2,8-9,15,17H,3-7H2. The van der Waals surface area contributed by atoms with Gasteiger partial charge in [-0.1, -0.05) is 0 Å². The summed E-state index contributed by atoms with van der Waals surface area (Å²) in [5, 5.41) is 10.4. The van der Waals surface area contributed by atoms with Crippen LogP contribution in [0.5, 0.6) is 5.75 Å². The van der Waals surface area contributed by atoms with E-state index in [9.17, 15) is 9.90 Å². The average molecular weight is 260 g/mol. The van der Waals surface area contributed by atoms with Gasteiger partial charge in [-0.25, -0.2) is 0 Å². The van der Waals surface area contributed by atoms with Crippen LogP contribution < -0.4 is 0 Å². The molecule has 2 N–H and O–H groups in total. The summed E-state index contributed by atoms with van der Waals surface area (Å²) < 4.78 is 5.24. The van der Waals surface area contributed by atoms with Crippen LogP contribution in [0.2, 0.25) is 0 Å². The van der Waals surface area contributed by atoms with Gasteiger partial charge >= 0.3 is 0 Å². The van der Waals surface area contributed by atoms with Gasteiger partial charge in [-0.2, -0.15) is 0 Å². The minimum atomic E-state index is 0.104. The van der Waals surface area contributed by atoms with Crippen LogP contribution in [0.25, 0.3) is 10.9 Å². The molecular weight excluding hydrogens is 244 g/mol. The number of nitrogens with one attached hydrogen (secondary N) is 1. The van der Waals surface area contributed by atoms with Crippen molar-refractivity contribution in [3.8, 4) is 5.75 Å². The zero-order chi connectivity index (χ0) is 13.2. The van der Waals surface area contributed by atoms with E-state index in [1.807, 2.05) is 17.2 Å². The third-order valence-electron chi connectivity index (χ3n) is 3.46. The summed E-state index contributed by atoms with van der Waals surface area (Å²) in [6, 6.07) is 5.13. The number of fused-ring (bicyclic) bond motifs is 1. The maximum Gasteiger partial charge on any atom is 0.227 e.